The molecule has 1 aromatic carbocycles. The van der Waals surface area contributed by atoms with Crippen LogP contribution in [0.15, 0.2) is 53.6 Å². The van der Waals surface area contributed by atoms with Gasteiger partial charge in [-0.05, 0) is 49.7 Å². The van der Waals surface area contributed by atoms with E-state index < -0.39 is 16.1 Å². The van der Waals surface area contributed by atoms with Crippen LogP contribution >= 0.6 is 0 Å². The summed E-state index contributed by atoms with van der Waals surface area (Å²) in [6, 6.07) is 11.4. The third kappa shape index (κ3) is 4.29. The maximum Gasteiger partial charge on any atom is 0.241 e. The van der Waals surface area contributed by atoms with Gasteiger partial charge in [0.2, 0.25) is 10.0 Å². The van der Waals surface area contributed by atoms with Crippen LogP contribution in [0.1, 0.15) is 32.0 Å². The fraction of sp³-hybridized carbons (Fsp3) is 0.312. The van der Waals surface area contributed by atoms with Crippen LogP contribution in [-0.2, 0) is 10.0 Å². The van der Waals surface area contributed by atoms with Crippen LogP contribution in [0.3, 0.4) is 0 Å². The Labute approximate surface area is 131 Å². The molecule has 1 atom stereocenters. The summed E-state index contributed by atoms with van der Waals surface area (Å²) in [5.41, 5.74) is 0.675. The zero-order valence-electron chi connectivity index (χ0n) is 12.7. The van der Waals surface area contributed by atoms with Crippen molar-refractivity contribution < 1.29 is 13.2 Å². The van der Waals surface area contributed by atoms with Crippen LogP contribution in [0.4, 0.5) is 0 Å². The van der Waals surface area contributed by atoms with E-state index in [-0.39, 0.29) is 4.90 Å². The fourth-order valence-electron chi connectivity index (χ4n) is 1.93. The van der Waals surface area contributed by atoms with E-state index >= 15 is 0 Å². The molecule has 0 spiro atoms. The summed E-state index contributed by atoms with van der Waals surface area (Å²) < 4.78 is 32.8. The molecular formula is C16H20N2O3S. The molecule has 6 heteroatoms. The number of nitrogens with one attached hydrogen (secondary N) is 1. The largest absolute Gasteiger partial charge is 0.494 e. The quantitative estimate of drug-likeness (QED) is 0.851. The van der Waals surface area contributed by atoms with Gasteiger partial charge in [0.05, 0.1) is 23.2 Å². The molecular weight excluding hydrogens is 300 g/mol. The Bertz CT molecular complexity index is 685. The minimum absolute atomic E-state index is 0.208. The van der Waals surface area contributed by atoms with E-state index in [1.807, 2.05) is 13.0 Å². The first-order chi connectivity index (χ1) is 10.5. The highest BCUT2D eigenvalue weighted by Crippen LogP contribution is 2.18. The van der Waals surface area contributed by atoms with Gasteiger partial charge in [0.1, 0.15) is 5.75 Å². The Hall–Kier alpha value is -1.92. The number of pyridine rings is 1. The van der Waals surface area contributed by atoms with Gasteiger partial charge >= 0.3 is 0 Å². The number of hydrogen-bond donors (Lipinski definition) is 1. The van der Waals surface area contributed by atoms with Gasteiger partial charge in [-0.15, -0.1) is 0 Å². The molecule has 1 unspecified atom stereocenters. The molecule has 0 fully saturated rings. The van der Waals surface area contributed by atoms with Crippen LogP contribution in [0.2, 0.25) is 0 Å². The van der Waals surface area contributed by atoms with E-state index in [0.29, 0.717) is 18.1 Å². The van der Waals surface area contributed by atoms with E-state index in [4.69, 9.17) is 4.74 Å². The predicted molar refractivity (Wildman–Crippen MR) is 85.2 cm³/mol. The normalized spacial score (nSPS) is 12.8. The average molecular weight is 320 g/mol. The monoisotopic (exact) mass is 320 g/mol. The van der Waals surface area contributed by atoms with Crippen molar-refractivity contribution in [2.24, 2.45) is 0 Å². The molecule has 1 heterocycles. The summed E-state index contributed by atoms with van der Waals surface area (Å²) in [5, 5.41) is 0. The smallest absolute Gasteiger partial charge is 0.241 e. The van der Waals surface area contributed by atoms with Crippen LogP contribution in [-0.4, -0.2) is 20.0 Å². The first-order valence-corrected chi connectivity index (χ1v) is 8.67. The Morgan fingerprint density at radius 3 is 2.50 bits per heavy atom. The van der Waals surface area contributed by atoms with Crippen molar-refractivity contribution in [3.8, 4) is 5.75 Å². The number of sulfonamides is 1. The van der Waals surface area contributed by atoms with Crippen molar-refractivity contribution in [1.29, 1.82) is 0 Å². The molecule has 0 amide bonds. The predicted octanol–water partition coefficient (Wildman–Crippen LogP) is 2.91. The minimum Gasteiger partial charge on any atom is -0.494 e. The summed E-state index contributed by atoms with van der Waals surface area (Å²) in [6.45, 7) is 4.39. The van der Waals surface area contributed by atoms with Crippen molar-refractivity contribution in [3.63, 3.8) is 0 Å². The molecule has 0 bridgehead atoms. The van der Waals surface area contributed by atoms with Gasteiger partial charge in [0.25, 0.3) is 0 Å². The molecule has 2 rings (SSSR count). The second kappa shape index (κ2) is 7.38. The van der Waals surface area contributed by atoms with Gasteiger partial charge in [-0.25, -0.2) is 13.1 Å². The molecule has 118 valence electrons. The van der Waals surface area contributed by atoms with Crippen molar-refractivity contribution >= 4 is 10.0 Å². The Morgan fingerprint density at radius 2 is 1.91 bits per heavy atom. The molecule has 1 aromatic heterocycles. The van der Waals surface area contributed by atoms with Crippen LogP contribution in [0.5, 0.6) is 5.75 Å². The Morgan fingerprint density at radius 1 is 1.18 bits per heavy atom. The van der Waals surface area contributed by atoms with Crippen molar-refractivity contribution in [2.45, 2.75) is 31.2 Å². The molecule has 1 N–H and O–H groups in total. The van der Waals surface area contributed by atoms with Gasteiger partial charge < -0.3 is 4.74 Å². The second-order valence-corrected chi connectivity index (χ2v) is 6.63. The van der Waals surface area contributed by atoms with Gasteiger partial charge in [-0.3, -0.25) is 4.98 Å². The van der Waals surface area contributed by atoms with Crippen molar-refractivity contribution in [3.05, 3.63) is 54.4 Å². The highest BCUT2D eigenvalue weighted by Gasteiger charge is 2.18. The van der Waals surface area contributed by atoms with Gasteiger partial charge in [0, 0.05) is 6.20 Å². The summed E-state index contributed by atoms with van der Waals surface area (Å²) in [6.07, 6.45) is 2.54. The molecule has 0 saturated carbocycles. The summed E-state index contributed by atoms with van der Waals surface area (Å²) in [5.74, 6) is 0.665. The lowest BCUT2D eigenvalue weighted by Crippen LogP contribution is -2.27. The van der Waals surface area contributed by atoms with E-state index in [9.17, 15) is 8.42 Å². The molecule has 5 nitrogen and oxygen atoms in total. The zero-order chi connectivity index (χ0) is 16.0. The molecule has 0 aliphatic heterocycles. The molecule has 2 aromatic rings. The summed E-state index contributed by atoms with van der Waals surface area (Å²) in [4.78, 5) is 4.36. The van der Waals surface area contributed by atoms with Crippen LogP contribution < -0.4 is 9.46 Å². The highest BCUT2D eigenvalue weighted by atomic mass is 32.2. The van der Waals surface area contributed by atoms with E-state index in [0.717, 1.165) is 6.42 Å². The van der Waals surface area contributed by atoms with E-state index in [2.05, 4.69) is 9.71 Å². The number of nitrogens with zero attached hydrogens (tertiary/aromatic N) is 1. The maximum atomic E-state index is 12.4. The molecule has 0 saturated heterocycles. The first-order valence-electron chi connectivity index (χ1n) is 7.19. The van der Waals surface area contributed by atoms with E-state index in [1.165, 1.54) is 0 Å². The van der Waals surface area contributed by atoms with Crippen molar-refractivity contribution in [2.75, 3.05) is 6.61 Å². The van der Waals surface area contributed by atoms with Crippen molar-refractivity contribution in [1.82, 2.24) is 9.71 Å². The summed E-state index contributed by atoms with van der Waals surface area (Å²) >= 11 is 0. The third-order valence-corrected chi connectivity index (χ3v) is 4.63. The zero-order valence-corrected chi connectivity index (χ0v) is 13.5. The number of rotatable bonds is 7. The lowest BCUT2D eigenvalue weighted by Gasteiger charge is -2.14. The Balaban J connectivity index is 2.10. The third-order valence-electron chi connectivity index (χ3n) is 3.07. The van der Waals surface area contributed by atoms with E-state index in [1.54, 1.807) is 49.5 Å². The molecule has 0 radical (unpaired) electrons. The molecule has 22 heavy (non-hydrogen) atoms. The topological polar surface area (TPSA) is 68.3 Å². The SMILES string of the molecule is CCCOc1ccc(S(=O)(=O)NC(C)c2ccccn2)cc1. The van der Waals surface area contributed by atoms with Gasteiger partial charge in [0.15, 0.2) is 0 Å². The first kappa shape index (κ1) is 16.5. The number of benzene rings is 1. The number of aromatic nitrogens is 1. The second-order valence-electron chi connectivity index (χ2n) is 4.92. The molecule has 0 aliphatic rings. The maximum absolute atomic E-state index is 12.4. The highest BCUT2D eigenvalue weighted by molar-refractivity contribution is 7.89. The van der Waals surface area contributed by atoms with Gasteiger partial charge in [-0.1, -0.05) is 13.0 Å². The lowest BCUT2D eigenvalue weighted by molar-refractivity contribution is 0.317. The van der Waals surface area contributed by atoms with Crippen LogP contribution in [0.25, 0.3) is 0 Å². The lowest BCUT2D eigenvalue weighted by atomic mass is 10.2. The average Bonchev–Trinajstić information content (AvgIpc) is 2.53. The number of ether oxygens (including phenoxy) is 1. The Kier molecular flexibility index (Phi) is 5.51. The molecule has 0 aliphatic carbocycles. The van der Waals surface area contributed by atoms with Crippen LogP contribution in [0, 0.1) is 0 Å². The minimum atomic E-state index is -3.59. The summed E-state index contributed by atoms with van der Waals surface area (Å²) in [7, 11) is -3.59. The van der Waals surface area contributed by atoms with Gasteiger partial charge in [-0.2, -0.15) is 0 Å². The standard InChI is InChI=1S/C16H20N2O3S/c1-3-12-21-14-7-9-15(10-8-14)22(19,20)18-13(2)16-6-4-5-11-17-16/h4-11,13,18H,3,12H2,1-2H3. The number of hydrogen-bond acceptors (Lipinski definition) is 4. The fourth-order valence-corrected chi connectivity index (χ4v) is 3.14.